The third kappa shape index (κ3) is 3.50. The molecule has 3 nitrogen and oxygen atoms in total. The second-order valence-electron chi connectivity index (χ2n) is 4.66. The highest BCUT2D eigenvalue weighted by Gasteiger charge is 2.06. The zero-order valence-corrected chi connectivity index (χ0v) is 12.3. The van der Waals surface area contributed by atoms with Crippen molar-refractivity contribution in [3.05, 3.63) is 40.5 Å². The Labute approximate surface area is 117 Å². The summed E-state index contributed by atoms with van der Waals surface area (Å²) in [5.41, 5.74) is 2.42. The van der Waals surface area contributed by atoms with Crippen LogP contribution in [0.25, 0.3) is 0 Å². The van der Waals surface area contributed by atoms with Gasteiger partial charge in [-0.05, 0) is 37.0 Å². The summed E-state index contributed by atoms with van der Waals surface area (Å²) in [6.45, 7) is 6.33. The molecule has 0 saturated carbocycles. The average Bonchev–Trinajstić information content (AvgIpc) is 2.81. The van der Waals surface area contributed by atoms with Crippen molar-refractivity contribution < 1.29 is 4.39 Å². The van der Waals surface area contributed by atoms with Crippen LogP contribution in [-0.2, 0) is 13.0 Å². The molecule has 0 fully saturated rings. The molecule has 0 aliphatic heterocycles. The van der Waals surface area contributed by atoms with Gasteiger partial charge in [-0.2, -0.15) is 4.37 Å². The van der Waals surface area contributed by atoms with E-state index in [1.54, 1.807) is 13.8 Å². The maximum absolute atomic E-state index is 13.5. The molecular weight excluding hydrogens is 261 g/mol. The van der Waals surface area contributed by atoms with Crippen molar-refractivity contribution in [2.24, 2.45) is 0 Å². The summed E-state index contributed by atoms with van der Waals surface area (Å²) in [7, 11) is 0. The first-order valence-electron chi connectivity index (χ1n) is 6.42. The van der Waals surface area contributed by atoms with Gasteiger partial charge in [0, 0.05) is 24.5 Å². The first-order chi connectivity index (χ1) is 9.10. The van der Waals surface area contributed by atoms with Crippen LogP contribution in [0.3, 0.4) is 0 Å². The van der Waals surface area contributed by atoms with Gasteiger partial charge < -0.3 is 5.32 Å². The van der Waals surface area contributed by atoms with Gasteiger partial charge in [0.05, 0.1) is 0 Å². The summed E-state index contributed by atoms with van der Waals surface area (Å²) < 4.78 is 17.8. The number of nitrogens with one attached hydrogen (secondary N) is 1. The molecule has 0 atom stereocenters. The van der Waals surface area contributed by atoms with Crippen LogP contribution < -0.4 is 5.32 Å². The number of nitrogens with zero attached hydrogens (tertiary/aromatic N) is 2. The van der Waals surface area contributed by atoms with Crippen LogP contribution in [-0.4, -0.2) is 9.36 Å². The Morgan fingerprint density at radius 3 is 2.58 bits per heavy atom. The Bertz CT molecular complexity index is 543. The maximum Gasteiger partial charge on any atom is 0.202 e. The third-order valence-electron chi connectivity index (χ3n) is 2.88. The van der Waals surface area contributed by atoms with Gasteiger partial charge in [-0.25, -0.2) is 9.37 Å². The van der Waals surface area contributed by atoms with Crippen LogP contribution in [0.15, 0.2) is 12.1 Å². The molecule has 1 heterocycles. The third-order valence-corrected chi connectivity index (χ3v) is 3.59. The molecule has 2 aromatic rings. The van der Waals surface area contributed by atoms with Crippen molar-refractivity contribution in [3.8, 4) is 0 Å². The molecule has 0 unspecified atom stereocenters. The van der Waals surface area contributed by atoms with Gasteiger partial charge in [0.2, 0.25) is 5.13 Å². The molecule has 0 amide bonds. The van der Waals surface area contributed by atoms with Crippen molar-refractivity contribution >= 4 is 16.7 Å². The van der Waals surface area contributed by atoms with E-state index in [2.05, 4.69) is 21.6 Å². The zero-order chi connectivity index (χ0) is 13.8. The van der Waals surface area contributed by atoms with Gasteiger partial charge >= 0.3 is 0 Å². The molecule has 0 radical (unpaired) electrons. The second-order valence-corrected chi connectivity index (χ2v) is 5.41. The first-order valence-corrected chi connectivity index (χ1v) is 7.19. The van der Waals surface area contributed by atoms with Crippen molar-refractivity contribution in [2.75, 3.05) is 5.32 Å². The molecule has 2 rings (SSSR count). The number of benzene rings is 1. The largest absolute Gasteiger partial charge is 0.356 e. The highest BCUT2D eigenvalue weighted by Crippen LogP contribution is 2.17. The number of aromatic nitrogens is 2. The van der Waals surface area contributed by atoms with Gasteiger partial charge in [-0.15, -0.1) is 0 Å². The number of hydrogen-bond donors (Lipinski definition) is 1. The monoisotopic (exact) mass is 279 g/mol. The minimum atomic E-state index is -0.120. The van der Waals surface area contributed by atoms with E-state index in [9.17, 15) is 4.39 Å². The van der Waals surface area contributed by atoms with Crippen LogP contribution >= 0.6 is 11.5 Å². The fourth-order valence-corrected chi connectivity index (χ4v) is 2.57. The van der Waals surface area contributed by atoms with Crippen LogP contribution in [0.5, 0.6) is 0 Å². The lowest BCUT2D eigenvalue weighted by Gasteiger charge is -2.07. The molecule has 1 aromatic heterocycles. The predicted molar refractivity (Wildman–Crippen MR) is 77.1 cm³/mol. The Morgan fingerprint density at radius 1 is 1.26 bits per heavy atom. The normalized spacial score (nSPS) is 10.7. The number of anilines is 1. The molecule has 0 aliphatic carbocycles. The highest BCUT2D eigenvalue weighted by atomic mass is 32.1. The number of aryl methyl sites for hydroxylation is 3. The molecule has 19 heavy (non-hydrogen) atoms. The summed E-state index contributed by atoms with van der Waals surface area (Å²) in [5, 5.41) is 4.06. The van der Waals surface area contributed by atoms with Gasteiger partial charge in [-0.1, -0.05) is 19.1 Å². The Kier molecular flexibility index (Phi) is 4.47. The quantitative estimate of drug-likeness (QED) is 0.903. The van der Waals surface area contributed by atoms with Crippen molar-refractivity contribution in [1.29, 1.82) is 0 Å². The minimum absolute atomic E-state index is 0.120. The van der Waals surface area contributed by atoms with Gasteiger partial charge in [0.1, 0.15) is 11.6 Å². The van der Waals surface area contributed by atoms with Crippen molar-refractivity contribution in [3.63, 3.8) is 0 Å². The summed E-state index contributed by atoms with van der Waals surface area (Å²) in [5.74, 6) is 0.770. The smallest absolute Gasteiger partial charge is 0.202 e. The fourth-order valence-electron chi connectivity index (χ4n) is 1.97. The van der Waals surface area contributed by atoms with Crippen molar-refractivity contribution in [1.82, 2.24) is 9.36 Å². The molecule has 0 aliphatic rings. The Balaban J connectivity index is 2.01. The first kappa shape index (κ1) is 13.9. The molecule has 1 aromatic carbocycles. The van der Waals surface area contributed by atoms with Crippen LogP contribution in [0, 0.1) is 19.7 Å². The van der Waals surface area contributed by atoms with E-state index in [0.29, 0.717) is 17.7 Å². The Hall–Kier alpha value is -1.49. The number of hydrogen-bond acceptors (Lipinski definition) is 4. The van der Waals surface area contributed by atoms with Crippen LogP contribution in [0.4, 0.5) is 9.52 Å². The standard InChI is InChI=1S/C14H18FN3S/c1-4-5-12-17-14(19-18-12)16-8-11-6-9(2)13(15)10(3)7-11/h6-7H,4-5,8H2,1-3H3,(H,16,17,18). The van der Waals surface area contributed by atoms with Crippen molar-refractivity contribution in [2.45, 2.75) is 40.2 Å². The van der Waals surface area contributed by atoms with E-state index in [4.69, 9.17) is 0 Å². The average molecular weight is 279 g/mol. The maximum atomic E-state index is 13.5. The van der Waals surface area contributed by atoms with E-state index in [1.807, 2.05) is 12.1 Å². The number of rotatable bonds is 5. The second kappa shape index (κ2) is 6.10. The van der Waals surface area contributed by atoms with Gasteiger partial charge in [-0.3, -0.25) is 0 Å². The summed E-state index contributed by atoms with van der Waals surface area (Å²) in [6, 6.07) is 3.73. The van der Waals surface area contributed by atoms with E-state index < -0.39 is 0 Å². The lowest BCUT2D eigenvalue weighted by atomic mass is 10.1. The lowest BCUT2D eigenvalue weighted by Crippen LogP contribution is -2.01. The SMILES string of the molecule is CCCc1nsc(NCc2cc(C)c(F)c(C)c2)n1. The van der Waals surface area contributed by atoms with Crippen LogP contribution in [0.2, 0.25) is 0 Å². The molecule has 0 saturated heterocycles. The predicted octanol–water partition coefficient (Wildman–Crippen LogP) is 3.86. The topological polar surface area (TPSA) is 37.8 Å². The number of halogens is 1. The molecule has 0 spiro atoms. The Morgan fingerprint density at radius 2 is 1.95 bits per heavy atom. The molecule has 102 valence electrons. The van der Waals surface area contributed by atoms with E-state index in [-0.39, 0.29) is 5.82 Å². The summed E-state index contributed by atoms with van der Waals surface area (Å²) >= 11 is 1.37. The summed E-state index contributed by atoms with van der Waals surface area (Å²) in [6.07, 6.45) is 1.96. The van der Waals surface area contributed by atoms with E-state index in [1.165, 1.54) is 11.5 Å². The lowest BCUT2D eigenvalue weighted by molar-refractivity contribution is 0.608. The molecule has 5 heteroatoms. The van der Waals surface area contributed by atoms with E-state index in [0.717, 1.165) is 29.4 Å². The van der Waals surface area contributed by atoms with Gasteiger partial charge in [0.25, 0.3) is 0 Å². The molecule has 1 N–H and O–H groups in total. The van der Waals surface area contributed by atoms with Gasteiger partial charge in [0.15, 0.2) is 0 Å². The fraction of sp³-hybridized carbons (Fsp3) is 0.429. The molecule has 0 bridgehead atoms. The summed E-state index contributed by atoms with van der Waals surface area (Å²) in [4.78, 5) is 4.40. The van der Waals surface area contributed by atoms with E-state index >= 15 is 0 Å². The minimum Gasteiger partial charge on any atom is -0.356 e. The van der Waals surface area contributed by atoms with Crippen LogP contribution in [0.1, 0.15) is 35.9 Å². The highest BCUT2D eigenvalue weighted by molar-refractivity contribution is 7.09. The zero-order valence-electron chi connectivity index (χ0n) is 11.5. The molecular formula is C14H18FN3S.